The van der Waals surface area contributed by atoms with Crippen LogP contribution in [0.5, 0.6) is 0 Å². The first-order valence-electron chi connectivity index (χ1n) is 7.09. The second kappa shape index (κ2) is 5.26. The van der Waals surface area contributed by atoms with Crippen LogP contribution in [0.15, 0.2) is 16.6 Å². The van der Waals surface area contributed by atoms with Crippen molar-refractivity contribution >= 4 is 21.6 Å². The van der Waals surface area contributed by atoms with Gasteiger partial charge in [0.1, 0.15) is 11.6 Å². The predicted molar refractivity (Wildman–Crippen MR) is 77.8 cm³/mol. The highest BCUT2D eigenvalue weighted by Crippen LogP contribution is 2.58. The molecule has 3 rings (SSSR count). The van der Waals surface area contributed by atoms with Gasteiger partial charge >= 0.3 is 0 Å². The van der Waals surface area contributed by atoms with Crippen molar-refractivity contribution in [2.45, 2.75) is 44.8 Å². The molecule has 2 unspecified atom stereocenters. The lowest BCUT2D eigenvalue weighted by Gasteiger charge is -2.61. The minimum atomic E-state index is -0.577. The van der Waals surface area contributed by atoms with Crippen molar-refractivity contribution in [3.63, 3.8) is 0 Å². The summed E-state index contributed by atoms with van der Waals surface area (Å²) in [5.41, 5.74) is 0.521. The number of ether oxygens (including phenoxy) is 1. The lowest BCUT2D eigenvalue weighted by Crippen LogP contribution is -2.64. The van der Waals surface area contributed by atoms with Crippen molar-refractivity contribution in [1.29, 1.82) is 0 Å². The zero-order valence-electron chi connectivity index (χ0n) is 11.4. The van der Waals surface area contributed by atoms with Gasteiger partial charge in [-0.25, -0.2) is 8.78 Å². The third kappa shape index (κ3) is 2.15. The molecule has 2 saturated carbocycles. The van der Waals surface area contributed by atoms with E-state index in [9.17, 15) is 8.78 Å². The van der Waals surface area contributed by atoms with Gasteiger partial charge in [0.25, 0.3) is 0 Å². The molecule has 0 aromatic heterocycles. The second-order valence-corrected chi connectivity index (χ2v) is 6.56. The molecule has 5 heteroatoms. The van der Waals surface area contributed by atoms with Crippen molar-refractivity contribution in [1.82, 2.24) is 0 Å². The van der Waals surface area contributed by atoms with Crippen LogP contribution < -0.4 is 5.32 Å². The molecule has 1 spiro atoms. The number of rotatable bonds is 4. The van der Waals surface area contributed by atoms with E-state index in [-0.39, 0.29) is 22.0 Å². The molecule has 2 fully saturated rings. The molecule has 2 aliphatic carbocycles. The number of halogens is 3. The minimum Gasteiger partial charge on any atom is -0.379 e. The molecule has 0 heterocycles. The van der Waals surface area contributed by atoms with E-state index in [1.165, 1.54) is 12.5 Å². The molecule has 1 N–H and O–H groups in total. The van der Waals surface area contributed by atoms with Gasteiger partial charge in [0, 0.05) is 24.1 Å². The summed E-state index contributed by atoms with van der Waals surface area (Å²) in [5, 5.41) is 3.24. The minimum absolute atomic E-state index is 0.156. The molecular weight excluding hydrogens is 328 g/mol. The van der Waals surface area contributed by atoms with Crippen molar-refractivity contribution in [3.8, 4) is 0 Å². The average Bonchev–Trinajstić information content (AvgIpc) is 2.32. The maximum atomic E-state index is 13.8. The molecule has 0 aliphatic heterocycles. The fourth-order valence-corrected chi connectivity index (χ4v) is 3.80. The summed E-state index contributed by atoms with van der Waals surface area (Å²) in [6.45, 7) is 2.72. The summed E-state index contributed by atoms with van der Waals surface area (Å²) in [6.07, 6.45) is 4.63. The van der Waals surface area contributed by atoms with E-state index in [4.69, 9.17) is 4.74 Å². The molecule has 0 radical (unpaired) electrons. The maximum absolute atomic E-state index is 13.8. The van der Waals surface area contributed by atoms with Gasteiger partial charge in [-0.05, 0) is 48.2 Å². The zero-order chi connectivity index (χ0) is 14.3. The van der Waals surface area contributed by atoms with Crippen LogP contribution in [0.1, 0.15) is 32.6 Å². The number of anilines is 1. The summed E-state index contributed by atoms with van der Waals surface area (Å²) in [4.78, 5) is 0. The number of nitrogens with one attached hydrogen (secondary N) is 1. The molecule has 0 saturated heterocycles. The molecule has 2 atom stereocenters. The van der Waals surface area contributed by atoms with Crippen molar-refractivity contribution in [2.75, 3.05) is 11.9 Å². The van der Waals surface area contributed by atoms with Crippen LogP contribution in [0.25, 0.3) is 0 Å². The third-order valence-corrected chi connectivity index (χ3v) is 5.38. The van der Waals surface area contributed by atoms with Gasteiger partial charge < -0.3 is 10.1 Å². The van der Waals surface area contributed by atoms with E-state index in [0.717, 1.165) is 31.9 Å². The summed E-state index contributed by atoms with van der Waals surface area (Å²) >= 11 is 3.10. The average molecular weight is 346 g/mol. The third-order valence-electron chi connectivity index (χ3n) is 4.78. The Morgan fingerprint density at radius 1 is 1.35 bits per heavy atom. The summed E-state index contributed by atoms with van der Waals surface area (Å²) in [6, 6.07) is 2.61. The molecule has 2 nitrogen and oxygen atoms in total. The Hall–Kier alpha value is -0.680. The Kier molecular flexibility index (Phi) is 3.75. The topological polar surface area (TPSA) is 21.3 Å². The fourth-order valence-electron chi connectivity index (χ4n) is 3.46. The second-order valence-electron chi connectivity index (χ2n) is 5.71. The predicted octanol–water partition coefficient (Wildman–Crippen LogP) is 4.49. The standard InChI is InChI=1S/C15H18BrF2NO/c1-2-20-14-8-13(15(14)4-3-5-15)19-12-6-9(16)10(17)7-11(12)18/h6-7,13-14,19H,2-5,8H2,1H3. The summed E-state index contributed by atoms with van der Waals surface area (Å²) < 4.78 is 33.1. The normalized spacial score (nSPS) is 27.0. The molecule has 1 aromatic carbocycles. The SMILES string of the molecule is CCOC1CC(Nc2cc(Br)c(F)cc2F)C12CCC2. The van der Waals surface area contributed by atoms with E-state index in [1.54, 1.807) is 0 Å². The molecular formula is C15H18BrF2NO. The largest absolute Gasteiger partial charge is 0.379 e. The van der Waals surface area contributed by atoms with Gasteiger partial charge in [-0.15, -0.1) is 0 Å². The van der Waals surface area contributed by atoms with E-state index < -0.39 is 11.6 Å². The van der Waals surface area contributed by atoms with Crippen LogP contribution in [-0.4, -0.2) is 18.8 Å². The summed E-state index contributed by atoms with van der Waals surface area (Å²) in [5.74, 6) is -1.12. The molecule has 0 amide bonds. The lowest BCUT2D eigenvalue weighted by molar-refractivity contribution is -0.157. The molecule has 0 bridgehead atoms. The highest BCUT2D eigenvalue weighted by atomic mass is 79.9. The Morgan fingerprint density at radius 2 is 2.10 bits per heavy atom. The van der Waals surface area contributed by atoms with Crippen LogP contribution in [0.4, 0.5) is 14.5 Å². The zero-order valence-corrected chi connectivity index (χ0v) is 13.0. The monoisotopic (exact) mass is 345 g/mol. The first-order valence-corrected chi connectivity index (χ1v) is 7.89. The molecule has 2 aliphatic rings. The number of benzene rings is 1. The molecule has 1 aromatic rings. The number of hydrogen-bond donors (Lipinski definition) is 1. The van der Waals surface area contributed by atoms with E-state index in [1.807, 2.05) is 6.92 Å². The fraction of sp³-hybridized carbons (Fsp3) is 0.600. The van der Waals surface area contributed by atoms with E-state index in [0.29, 0.717) is 5.69 Å². The van der Waals surface area contributed by atoms with Crippen molar-refractivity contribution < 1.29 is 13.5 Å². The van der Waals surface area contributed by atoms with Crippen LogP contribution in [-0.2, 0) is 4.74 Å². The van der Waals surface area contributed by atoms with Gasteiger partial charge in [-0.3, -0.25) is 0 Å². The lowest BCUT2D eigenvalue weighted by atomic mass is 9.51. The highest BCUT2D eigenvalue weighted by molar-refractivity contribution is 9.10. The van der Waals surface area contributed by atoms with Gasteiger partial charge in [0.05, 0.1) is 16.3 Å². The van der Waals surface area contributed by atoms with Crippen molar-refractivity contribution in [2.24, 2.45) is 5.41 Å². The van der Waals surface area contributed by atoms with Gasteiger partial charge in [-0.1, -0.05) is 6.42 Å². The van der Waals surface area contributed by atoms with Gasteiger partial charge in [0.2, 0.25) is 0 Å². The Bertz CT molecular complexity index is 519. The first-order chi connectivity index (χ1) is 9.56. The Balaban J connectivity index is 1.74. The van der Waals surface area contributed by atoms with Crippen LogP contribution in [0.2, 0.25) is 0 Å². The molecule has 110 valence electrons. The first kappa shape index (κ1) is 14.3. The Morgan fingerprint density at radius 3 is 2.70 bits per heavy atom. The quantitative estimate of drug-likeness (QED) is 0.812. The Labute approximate surface area is 126 Å². The van der Waals surface area contributed by atoms with Gasteiger partial charge in [0.15, 0.2) is 0 Å². The van der Waals surface area contributed by atoms with Gasteiger partial charge in [-0.2, -0.15) is 0 Å². The molecule has 20 heavy (non-hydrogen) atoms. The number of hydrogen-bond acceptors (Lipinski definition) is 2. The summed E-state index contributed by atoms with van der Waals surface area (Å²) in [7, 11) is 0. The van der Waals surface area contributed by atoms with Crippen LogP contribution in [0, 0.1) is 17.0 Å². The van der Waals surface area contributed by atoms with Crippen LogP contribution in [0.3, 0.4) is 0 Å². The van der Waals surface area contributed by atoms with Crippen LogP contribution >= 0.6 is 15.9 Å². The van der Waals surface area contributed by atoms with E-state index in [2.05, 4.69) is 21.2 Å². The highest BCUT2D eigenvalue weighted by Gasteiger charge is 2.59. The van der Waals surface area contributed by atoms with Crippen molar-refractivity contribution in [3.05, 3.63) is 28.2 Å². The maximum Gasteiger partial charge on any atom is 0.149 e. The van der Waals surface area contributed by atoms with E-state index >= 15 is 0 Å². The smallest absolute Gasteiger partial charge is 0.149 e.